The van der Waals surface area contributed by atoms with Gasteiger partial charge in [-0.2, -0.15) is 0 Å². The molecule has 1 aromatic carbocycles. The number of benzene rings is 1. The fourth-order valence-corrected chi connectivity index (χ4v) is 2.24. The SMILES string of the molecule is CCCCCCCCC(=CC(=O)c1ccccc1)CN. The highest BCUT2D eigenvalue weighted by molar-refractivity contribution is 6.04. The number of carbonyl (C=O) groups is 1. The molecule has 0 radical (unpaired) electrons. The van der Waals surface area contributed by atoms with E-state index in [4.69, 9.17) is 5.73 Å². The Morgan fingerprint density at radius 1 is 1.05 bits per heavy atom. The molecular weight excluding hydrogens is 246 g/mol. The van der Waals surface area contributed by atoms with E-state index in [1.54, 1.807) is 6.08 Å². The number of hydrogen-bond donors (Lipinski definition) is 1. The van der Waals surface area contributed by atoms with Crippen molar-refractivity contribution < 1.29 is 4.79 Å². The van der Waals surface area contributed by atoms with Crippen LogP contribution in [-0.2, 0) is 0 Å². The molecule has 2 nitrogen and oxygen atoms in total. The van der Waals surface area contributed by atoms with E-state index in [0.717, 1.165) is 24.0 Å². The number of hydrogen-bond acceptors (Lipinski definition) is 2. The summed E-state index contributed by atoms with van der Waals surface area (Å²) in [6.07, 6.45) is 10.2. The van der Waals surface area contributed by atoms with E-state index in [2.05, 4.69) is 6.92 Å². The van der Waals surface area contributed by atoms with E-state index in [9.17, 15) is 4.79 Å². The quantitative estimate of drug-likeness (QED) is 0.387. The summed E-state index contributed by atoms with van der Waals surface area (Å²) in [5, 5.41) is 0. The minimum absolute atomic E-state index is 0.0667. The van der Waals surface area contributed by atoms with Gasteiger partial charge in [-0.1, -0.05) is 74.9 Å². The van der Waals surface area contributed by atoms with E-state index in [-0.39, 0.29) is 5.78 Å². The molecule has 1 aromatic rings. The molecule has 110 valence electrons. The van der Waals surface area contributed by atoms with Crippen molar-refractivity contribution in [1.82, 2.24) is 0 Å². The number of ketones is 1. The Balaban J connectivity index is 2.37. The Hall–Kier alpha value is -1.41. The van der Waals surface area contributed by atoms with Gasteiger partial charge in [0.1, 0.15) is 0 Å². The van der Waals surface area contributed by atoms with Crippen molar-refractivity contribution in [3.8, 4) is 0 Å². The van der Waals surface area contributed by atoms with Crippen LogP contribution in [0.2, 0.25) is 0 Å². The molecule has 0 aliphatic heterocycles. The van der Waals surface area contributed by atoms with Crippen molar-refractivity contribution in [1.29, 1.82) is 0 Å². The molecule has 0 heterocycles. The van der Waals surface area contributed by atoms with Gasteiger partial charge in [-0.25, -0.2) is 0 Å². The van der Waals surface area contributed by atoms with Gasteiger partial charge in [-0.15, -0.1) is 0 Å². The molecule has 2 N–H and O–H groups in total. The van der Waals surface area contributed by atoms with Gasteiger partial charge < -0.3 is 5.73 Å². The molecule has 0 atom stereocenters. The zero-order valence-electron chi connectivity index (χ0n) is 12.6. The first-order valence-corrected chi connectivity index (χ1v) is 7.76. The molecule has 20 heavy (non-hydrogen) atoms. The summed E-state index contributed by atoms with van der Waals surface area (Å²) in [6, 6.07) is 9.38. The molecule has 0 aliphatic carbocycles. The van der Waals surface area contributed by atoms with E-state index < -0.39 is 0 Å². The third kappa shape index (κ3) is 6.67. The Labute approximate surface area is 123 Å². The number of rotatable bonds is 10. The minimum atomic E-state index is 0.0667. The van der Waals surface area contributed by atoms with Gasteiger partial charge >= 0.3 is 0 Å². The molecular formula is C18H27NO. The van der Waals surface area contributed by atoms with Gasteiger partial charge in [0.05, 0.1) is 0 Å². The molecule has 0 fully saturated rings. The average Bonchev–Trinajstić information content (AvgIpc) is 2.50. The van der Waals surface area contributed by atoms with E-state index in [0.29, 0.717) is 6.54 Å². The number of nitrogens with two attached hydrogens (primary N) is 1. The van der Waals surface area contributed by atoms with Crippen molar-refractivity contribution in [3.05, 3.63) is 47.5 Å². The van der Waals surface area contributed by atoms with Crippen LogP contribution in [0.4, 0.5) is 0 Å². The lowest BCUT2D eigenvalue weighted by Gasteiger charge is -2.05. The van der Waals surface area contributed by atoms with Crippen LogP contribution in [-0.4, -0.2) is 12.3 Å². The maximum absolute atomic E-state index is 12.1. The van der Waals surface area contributed by atoms with E-state index >= 15 is 0 Å². The Morgan fingerprint density at radius 3 is 2.35 bits per heavy atom. The number of unbranched alkanes of at least 4 members (excludes halogenated alkanes) is 5. The summed E-state index contributed by atoms with van der Waals surface area (Å²) in [7, 11) is 0. The Kier molecular flexibility index (Phi) is 8.64. The summed E-state index contributed by atoms with van der Waals surface area (Å²) >= 11 is 0. The van der Waals surface area contributed by atoms with Crippen LogP contribution in [0.15, 0.2) is 42.0 Å². The first-order chi connectivity index (χ1) is 9.77. The van der Waals surface area contributed by atoms with Gasteiger partial charge in [-0.05, 0) is 18.9 Å². The second-order valence-electron chi connectivity index (χ2n) is 5.25. The molecule has 0 spiro atoms. The van der Waals surface area contributed by atoms with Crippen molar-refractivity contribution in [2.75, 3.05) is 6.54 Å². The lowest BCUT2D eigenvalue weighted by Crippen LogP contribution is -2.06. The van der Waals surface area contributed by atoms with Gasteiger partial charge in [0.25, 0.3) is 0 Å². The van der Waals surface area contributed by atoms with Crippen LogP contribution in [0.3, 0.4) is 0 Å². The lowest BCUT2D eigenvalue weighted by atomic mass is 10.0. The maximum atomic E-state index is 12.1. The molecule has 1 rings (SSSR count). The fourth-order valence-electron chi connectivity index (χ4n) is 2.24. The van der Waals surface area contributed by atoms with Crippen molar-refractivity contribution in [3.63, 3.8) is 0 Å². The Bertz CT molecular complexity index is 409. The second-order valence-corrected chi connectivity index (χ2v) is 5.25. The summed E-state index contributed by atoms with van der Waals surface area (Å²) < 4.78 is 0. The van der Waals surface area contributed by atoms with Crippen molar-refractivity contribution in [2.24, 2.45) is 5.73 Å². The van der Waals surface area contributed by atoms with Crippen LogP contribution in [0, 0.1) is 0 Å². The van der Waals surface area contributed by atoms with Crippen LogP contribution in [0.5, 0.6) is 0 Å². The second kappa shape index (κ2) is 10.4. The van der Waals surface area contributed by atoms with Crippen LogP contribution < -0.4 is 5.73 Å². The van der Waals surface area contributed by atoms with Crippen molar-refractivity contribution in [2.45, 2.75) is 51.9 Å². The van der Waals surface area contributed by atoms with E-state index in [1.807, 2.05) is 30.3 Å². The third-order valence-electron chi connectivity index (χ3n) is 3.51. The highest BCUT2D eigenvalue weighted by Gasteiger charge is 2.03. The van der Waals surface area contributed by atoms with E-state index in [1.165, 1.54) is 32.1 Å². The molecule has 2 heteroatoms. The molecule has 0 unspecified atom stereocenters. The largest absolute Gasteiger partial charge is 0.327 e. The zero-order valence-corrected chi connectivity index (χ0v) is 12.6. The topological polar surface area (TPSA) is 43.1 Å². The normalized spacial score (nSPS) is 11.6. The third-order valence-corrected chi connectivity index (χ3v) is 3.51. The minimum Gasteiger partial charge on any atom is -0.327 e. The van der Waals surface area contributed by atoms with Gasteiger partial charge in [0, 0.05) is 12.1 Å². The first-order valence-electron chi connectivity index (χ1n) is 7.76. The fraction of sp³-hybridized carbons (Fsp3) is 0.500. The van der Waals surface area contributed by atoms with Crippen LogP contribution in [0.25, 0.3) is 0 Å². The summed E-state index contributed by atoms with van der Waals surface area (Å²) in [6.45, 7) is 2.71. The monoisotopic (exact) mass is 273 g/mol. The van der Waals surface area contributed by atoms with Crippen molar-refractivity contribution >= 4 is 5.78 Å². The number of carbonyl (C=O) groups excluding carboxylic acids is 1. The summed E-state index contributed by atoms with van der Waals surface area (Å²) in [4.78, 5) is 12.1. The van der Waals surface area contributed by atoms with Gasteiger partial charge in [0.15, 0.2) is 5.78 Å². The predicted molar refractivity (Wildman–Crippen MR) is 85.9 cm³/mol. The van der Waals surface area contributed by atoms with Crippen LogP contribution in [0.1, 0.15) is 62.2 Å². The molecule has 0 saturated carbocycles. The highest BCUT2D eigenvalue weighted by Crippen LogP contribution is 2.12. The molecule has 0 amide bonds. The molecule has 0 aliphatic rings. The predicted octanol–water partition coefficient (Wildman–Crippen LogP) is 4.51. The summed E-state index contributed by atoms with van der Waals surface area (Å²) in [5.41, 5.74) is 7.54. The molecule has 0 aromatic heterocycles. The Morgan fingerprint density at radius 2 is 1.70 bits per heavy atom. The highest BCUT2D eigenvalue weighted by atomic mass is 16.1. The van der Waals surface area contributed by atoms with Gasteiger partial charge in [0.2, 0.25) is 0 Å². The average molecular weight is 273 g/mol. The van der Waals surface area contributed by atoms with Crippen LogP contribution >= 0.6 is 0 Å². The standard InChI is InChI=1S/C18H27NO/c1-2-3-4-5-6-8-11-16(15-19)14-18(20)17-12-9-7-10-13-17/h7,9-10,12-14H,2-6,8,11,15,19H2,1H3. The molecule has 0 saturated heterocycles. The lowest BCUT2D eigenvalue weighted by molar-refractivity contribution is 0.104. The summed E-state index contributed by atoms with van der Waals surface area (Å²) in [5.74, 6) is 0.0667. The number of allylic oxidation sites excluding steroid dienone is 1. The smallest absolute Gasteiger partial charge is 0.185 e. The zero-order chi connectivity index (χ0) is 14.6. The molecule has 0 bridgehead atoms. The maximum Gasteiger partial charge on any atom is 0.185 e. The first kappa shape index (κ1) is 16.6. The van der Waals surface area contributed by atoms with Gasteiger partial charge in [-0.3, -0.25) is 4.79 Å².